The van der Waals surface area contributed by atoms with E-state index in [4.69, 9.17) is 5.11 Å². The molecular weight excluding hydrogens is 330 g/mol. The van der Waals surface area contributed by atoms with E-state index in [2.05, 4.69) is 25.9 Å². The third-order valence-corrected chi connectivity index (χ3v) is 4.03. The van der Waals surface area contributed by atoms with Crippen LogP contribution < -0.4 is 16.0 Å². The molecule has 0 radical (unpaired) electrons. The van der Waals surface area contributed by atoms with Gasteiger partial charge < -0.3 is 31.1 Å². The van der Waals surface area contributed by atoms with Crippen molar-refractivity contribution in [1.29, 1.82) is 0 Å². The maximum atomic E-state index is 12.5. The number of carbonyl (C=O) groups is 3. The Balaban J connectivity index is 2.07. The molecule has 1 aliphatic heterocycles. The van der Waals surface area contributed by atoms with Crippen LogP contribution in [0.15, 0.2) is 12.5 Å². The van der Waals surface area contributed by atoms with E-state index in [9.17, 15) is 19.5 Å². The van der Waals surface area contributed by atoms with Crippen LogP contribution in [-0.2, 0) is 20.8 Å². The van der Waals surface area contributed by atoms with E-state index in [-0.39, 0.29) is 18.4 Å². The Morgan fingerprint density at radius 1 is 1.40 bits per heavy atom. The molecule has 4 atom stereocenters. The highest BCUT2D eigenvalue weighted by Crippen LogP contribution is 2.07. The fraction of sp³-hybridized carbons (Fsp3) is 0.600. The van der Waals surface area contributed by atoms with Gasteiger partial charge in [0, 0.05) is 18.3 Å². The molecule has 2 heterocycles. The molecule has 1 aliphatic rings. The summed E-state index contributed by atoms with van der Waals surface area (Å²) >= 11 is 0. The van der Waals surface area contributed by atoms with Gasteiger partial charge in [-0.15, -0.1) is 0 Å². The van der Waals surface area contributed by atoms with Crippen LogP contribution in [0.2, 0.25) is 0 Å². The Hall–Kier alpha value is -2.46. The van der Waals surface area contributed by atoms with Gasteiger partial charge >= 0.3 is 5.97 Å². The van der Waals surface area contributed by atoms with Crippen molar-refractivity contribution in [2.24, 2.45) is 0 Å². The molecular formula is C15H23N5O5. The minimum absolute atomic E-state index is 0.121. The highest BCUT2D eigenvalue weighted by Gasteiger charge is 2.31. The number of aliphatic hydroxyl groups is 1. The first kappa shape index (κ1) is 18.9. The summed E-state index contributed by atoms with van der Waals surface area (Å²) < 4.78 is 0. The van der Waals surface area contributed by atoms with Gasteiger partial charge in [-0.3, -0.25) is 9.59 Å². The lowest BCUT2D eigenvalue weighted by Gasteiger charge is -2.23. The highest BCUT2D eigenvalue weighted by molar-refractivity contribution is 5.92. The molecule has 0 spiro atoms. The Bertz CT molecular complexity index is 597. The maximum absolute atomic E-state index is 12.5. The van der Waals surface area contributed by atoms with Gasteiger partial charge in [-0.2, -0.15) is 0 Å². The lowest BCUT2D eigenvalue weighted by atomic mass is 10.1. The molecule has 0 aliphatic carbocycles. The van der Waals surface area contributed by atoms with Gasteiger partial charge in [0.15, 0.2) is 6.04 Å². The number of aromatic nitrogens is 2. The van der Waals surface area contributed by atoms with E-state index in [1.165, 1.54) is 19.4 Å². The maximum Gasteiger partial charge on any atom is 0.328 e. The Morgan fingerprint density at radius 2 is 2.16 bits per heavy atom. The van der Waals surface area contributed by atoms with Gasteiger partial charge in [0.1, 0.15) is 6.04 Å². The topological polar surface area (TPSA) is 156 Å². The Labute approximate surface area is 144 Å². The summed E-state index contributed by atoms with van der Waals surface area (Å²) in [5.74, 6) is -2.36. The zero-order chi connectivity index (χ0) is 18.4. The minimum atomic E-state index is -1.46. The second kappa shape index (κ2) is 8.58. The smallest absolute Gasteiger partial charge is 0.328 e. The number of imidazole rings is 1. The zero-order valence-corrected chi connectivity index (χ0v) is 13.9. The van der Waals surface area contributed by atoms with Crippen molar-refractivity contribution in [2.45, 2.75) is 50.4 Å². The number of carbonyl (C=O) groups excluding carboxylic acids is 2. The van der Waals surface area contributed by atoms with E-state index in [0.717, 1.165) is 13.0 Å². The Morgan fingerprint density at radius 3 is 2.68 bits per heavy atom. The van der Waals surface area contributed by atoms with Gasteiger partial charge in [0.25, 0.3) is 0 Å². The second-order valence-electron chi connectivity index (χ2n) is 6.06. The van der Waals surface area contributed by atoms with E-state index >= 15 is 0 Å². The molecule has 25 heavy (non-hydrogen) atoms. The van der Waals surface area contributed by atoms with Crippen LogP contribution in [0.5, 0.6) is 0 Å². The summed E-state index contributed by atoms with van der Waals surface area (Å²) in [6.07, 6.45) is 3.36. The number of rotatable bonds is 8. The van der Waals surface area contributed by atoms with Crippen molar-refractivity contribution in [1.82, 2.24) is 25.9 Å². The molecule has 10 heteroatoms. The molecule has 0 aromatic carbocycles. The van der Waals surface area contributed by atoms with Crippen molar-refractivity contribution in [3.8, 4) is 0 Å². The van der Waals surface area contributed by atoms with Crippen LogP contribution in [0, 0.1) is 0 Å². The third-order valence-electron chi connectivity index (χ3n) is 4.03. The van der Waals surface area contributed by atoms with Crippen LogP contribution >= 0.6 is 0 Å². The number of aliphatic hydroxyl groups excluding tert-OH is 1. The van der Waals surface area contributed by atoms with E-state index in [1.54, 1.807) is 0 Å². The summed E-state index contributed by atoms with van der Waals surface area (Å²) in [6, 6.07) is -2.82. The lowest BCUT2D eigenvalue weighted by molar-refractivity contribution is -0.145. The first-order valence-corrected chi connectivity index (χ1v) is 8.10. The van der Waals surface area contributed by atoms with Crippen molar-refractivity contribution in [3.05, 3.63) is 18.2 Å². The molecule has 0 bridgehead atoms. The zero-order valence-electron chi connectivity index (χ0n) is 13.9. The number of carboxylic acid groups (broad SMARTS) is 1. The number of H-pyrrole nitrogens is 1. The largest absolute Gasteiger partial charge is 0.480 e. The first-order chi connectivity index (χ1) is 11.9. The number of carboxylic acids is 1. The van der Waals surface area contributed by atoms with Crippen molar-refractivity contribution < 1.29 is 24.6 Å². The van der Waals surface area contributed by atoms with Crippen LogP contribution in [-0.4, -0.2) is 68.7 Å². The molecule has 6 N–H and O–H groups in total. The highest BCUT2D eigenvalue weighted by atomic mass is 16.4. The standard InChI is InChI=1S/C15H23N5O5/c1-8(21)12(15(24)25)20-14(23)11(5-9-6-16-7-18-9)19-13(22)10-3-2-4-17-10/h6-8,10-12,17,21H,2-5H2,1H3,(H,16,18)(H,19,22)(H,20,23)(H,24,25). The average Bonchev–Trinajstić information content (AvgIpc) is 3.24. The summed E-state index contributed by atoms with van der Waals surface area (Å²) in [5.41, 5.74) is 0.615. The summed E-state index contributed by atoms with van der Waals surface area (Å²) in [7, 11) is 0. The predicted molar refractivity (Wildman–Crippen MR) is 86.5 cm³/mol. The fourth-order valence-electron chi connectivity index (χ4n) is 2.65. The molecule has 2 rings (SSSR count). The number of aromatic amines is 1. The number of hydrogen-bond donors (Lipinski definition) is 6. The van der Waals surface area contributed by atoms with E-state index in [0.29, 0.717) is 12.1 Å². The molecule has 138 valence electrons. The van der Waals surface area contributed by atoms with E-state index < -0.39 is 30.1 Å². The minimum Gasteiger partial charge on any atom is -0.480 e. The summed E-state index contributed by atoms with van der Waals surface area (Å²) in [4.78, 5) is 42.6. The SMILES string of the molecule is CC(O)C(NC(=O)C(Cc1cnc[nH]1)NC(=O)C1CCCN1)C(=O)O. The molecule has 1 aromatic heterocycles. The quantitative estimate of drug-likeness (QED) is 0.320. The van der Waals surface area contributed by atoms with Crippen molar-refractivity contribution >= 4 is 17.8 Å². The molecule has 2 amide bonds. The average molecular weight is 353 g/mol. The van der Waals surface area contributed by atoms with Gasteiger partial charge in [0.05, 0.1) is 18.5 Å². The molecule has 4 unspecified atom stereocenters. The molecule has 1 aromatic rings. The second-order valence-corrected chi connectivity index (χ2v) is 6.06. The Kier molecular flexibility index (Phi) is 6.48. The number of nitrogens with zero attached hydrogens (tertiary/aromatic N) is 1. The van der Waals surface area contributed by atoms with Crippen LogP contribution in [0.25, 0.3) is 0 Å². The number of amides is 2. The molecule has 10 nitrogen and oxygen atoms in total. The van der Waals surface area contributed by atoms with Crippen molar-refractivity contribution in [3.63, 3.8) is 0 Å². The third kappa shape index (κ3) is 5.26. The van der Waals surface area contributed by atoms with Crippen LogP contribution in [0.3, 0.4) is 0 Å². The number of aliphatic carboxylic acids is 1. The van der Waals surface area contributed by atoms with E-state index in [1.807, 2.05) is 0 Å². The molecule has 0 saturated carbocycles. The molecule has 1 fully saturated rings. The normalized spacial score (nSPS) is 20.5. The summed E-state index contributed by atoms with van der Waals surface area (Å²) in [5, 5.41) is 26.6. The van der Waals surface area contributed by atoms with Crippen LogP contribution in [0.4, 0.5) is 0 Å². The summed E-state index contributed by atoms with van der Waals surface area (Å²) in [6.45, 7) is 2.00. The van der Waals surface area contributed by atoms with Gasteiger partial charge in [-0.25, -0.2) is 9.78 Å². The van der Waals surface area contributed by atoms with Gasteiger partial charge in [-0.05, 0) is 26.3 Å². The van der Waals surface area contributed by atoms with Crippen LogP contribution in [0.1, 0.15) is 25.5 Å². The van der Waals surface area contributed by atoms with Gasteiger partial charge in [0.2, 0.25) is 11.8 Å². The van der Waals surface area contributed by atoms with Crippen molar-refractivity contribution in [2.75, 3.05) is 6.54 Å². The lowest BCUT2D eigenvalue weighted by Crippen LogP contribution is -2.57. The predicted octanol–water partition coefficient (Wildman–Crippen LogP) is -1.86. The number of nitrogens with one attached hydrogen (secondary N) is 4. The monoisotopic (exact) mass is 353 g/mol. The first-order valence-electron chi connectivity index (χ1n) is 8.10. The number of hydrogen-bond acceptors (Lipinski definition) is 6. The van der Waals surface area contributed by atoms with Gasteiger partial charge in [-0.1, -0.05) is 0 Å². The molecule has 1 saturated heterocycles. The fourth-order valence-corrected chi connectivity index (χ4v) is 2.65.